The molecule has 0 aromatic heterocycles. The highest BCUT2D eigenvalue weighted by Crippen LogP contribution is 2.16. The van der Waals surface area contributed by atoms with Crippen LogP contribution in [0.25, 0.3) is 0 Å². The van der Waals surface area contributed by atoms with Crippen LogP contribution in [0.1, 0.15) is 48.5 Å². The minimum Gasteiger partial charge on any atom is -0.373 e. The molecule has 0 aromatic rings. The zero-order valence-corrected chi connectivity index (χ0v) is 15.1. The summed E-state index contributed by atoms with van der Waals surface area (Å²) < 4.78 is 5.78. The lowest BCUT2D eigenvalue weighted by Crippen LogP contribution is -2.49. The Bertz CT molecular complexity index is 425. The fraction of sp³-hybridized carbons (Fsp3) is 0.722. The molecule has 126 valence electrons. The summed E-state index contributed by atoms with van der Waals surface area (Å²) in [6.45, 7) is 16.0. The molecule has 1 aliphatic heterocycles. The summed E-state index contributed by atoms with van der Waals surface area (Å²) in [6, 6.07) is 0.200. The van der Waals surface area contributed by atoms with Crippen LogP contribution < -0.4 is 5.32 Å². The predicted octanol–water partition coefficient (Wildman–Crippen LogP) is 2.90. The fourth-order valence-corrected chi connectivity index (χ4v) is 2.71. The topological polar surface area (TPSA) is 41.6 Å². The minimum absolute atomic E-state index is 0.0215. The number of carbonyl (C=O) groups is 1. The highest BCUT2D eigenvalue weighted by Gasteiger charge is 2.25. The Morgan fingerprint density at radius 3 is 2.27 bits per heavy atom. The zero-order chi connectivity index (χ0) is 16.9. The van der Waals surface area contributed by atoms with Crippen molar-refractivity contribution in [1.82, 2.24) is 10.2 Å². The molecule has 1 fully saturated rings. The van der Waals surface area contributed by atoms with Gasteiger partial charge in [-0.05, 0) is 48.5 Å². The Kier molecular flexibility index (Phi) is 6.82. The summed E-state index contributed by atoms with van der Waals surface area (Å²) >= 11 is 0. The van der Waals surface area contributed by atoms with Gasteiger partial charge in [0.1, 0.15) is 0 Å². The van der Waals surface area contributed by atoms with E-state index >= 15 is 0 Å². The molecule has 1 aliphatic rings. The highest BCUT2D eigenvalue weighted by molar-refractivity contribution is 5.96. The van der Waals surface area contributed by atoms with Gasteiger partial charge in [-0.15, -0.1) is 0 Å². The van der Waals surface area contributed by atoms with Crippen molar-refractivity contribution in [3.8, 4) is 0 Å². The number of ether oxygens (including phenoxy) is 1. The van der Waals surface area contributed by atoms with Crippen LogP contribution in [0, 0.1) is 0 Å². The third-order valence-electron chi connectivity index (χ3n) is 3.54. The van der Waals surface area contributed by atoms with Crippen molar-refractivity contribution >= 4 is 5.91 Å². The number of carbonyl (C=O) groups excluding carboxylic acids is 1. The van der Waals surface area contributed by atoms with Crippen molar-refractivity contribution in [3.63, 3.8) is 0 Å². The Morgan fingerprint density at radius 1 is 1.27 bits per heavy atom. The van der Waals surface area contributed by atoms with Gasteiger partial charge in [0.25, 0.3) is 5.91 Å². The number of hydrogen-bond donors (Lipinski definition) is 1. The normalized spacial score (nSPS) is 26.2. The molecule has 1 amide bonds. The van der Waals surface area contributed by atoms with Gasteiger partial charge in [-0.2, -0.15) is 0 Å². The first-order chi connectivity index (χ1) is 10.1. The van der Waals surface area contributed by atoms with E-state index in [4.69, 9.17) is 4.74 Å². The molecule has 22 heavy (non-hydrogen) atoms. The number of hydrogen-bond acceptors (Lipinski definition) is 3. The lowest BCUT2D eigenvalue weighted by atomic mass is 10.1. The number of allylic oxidation sites excluding steroid dienone is 1. The van der Waals surface area contributed by atoms with Crippen molar-refractivity contribution in [2.24, 2.45) is 0 Å². The maximum atomic E-state index is 12.4. The fourth-order valence-electron chi connectivity index (χ4n) is 2.71. The Balaban J connectivity index is 2.85. The van der Waals surface area contributed by atoms with Crippen LogP contribution in [0.4, 0.5) is 0 Å². The van der Waals surface area contributed by atoms with E-state index in [-0.39, 0.29) is 29.7 Å². The van der Waals surface area contributed by atoms with Gasteiger partial charge in [0.05, 0.1) is 12.2 Å². The maximum absolute atomic E-state index is 12.4. The molecule has 0 spiro atoms. The first-order valence-corrected chi connectivity index (χ1v) is 8.19. The van der Waals surface area contributed by atoms with Crippen molar-refractivity contribution in [1.29, 1.82) is 0 Å². The SMILES string of the molecule is C/C=C\C(=C/C(C)N1CC(C)OC(C)C1)C(=O)NC(C)(C)C. The molecule has 0 bridgehead atoms. The second kappa shape index (κ2) is 7.93. The van der Waals surface area contributed by atoms with Gasteiger partial charge in [0, 0.05) is 30.2 Å². The monoisotopic (exact) mass is 308 g/mol. The van der Waals surface area contributed by atoms with Gasteiger partial charge < -0.3 is 10.1 Å². The Hall–Kier alpha value is -1.13. The standard InChI is InChI=1S/C18H32N2O2/c1-8-9-16(17(21)19-18(5,6)7)10-13(2)20-11-14(3)22-15(4)12-20/h8-10,13-15H,11-12H2,1-7H3,(H,19,21)/b9-8-,16-10+. The van der Waals surface area contributed by atoms with Crippen LogP contribution in [-0.4, -0.2) is 47.7 Å². The first kappa shape index (κ1) is 18.9. The molecular formula is C18H32N2O2. The Labute approximate surface area is 135 Å². The van der Waals surface area contributed by atoms with Crippen LogP contribution >= 0.6 is 0 Å². The van der Waals surface area contributed by atoms with Crippen LogP contribution in [0.2, 0.25) is 0 Å². The molecule has 3 unspecified atom stereocenters. The predicted molar refractivity (Wildman–Crippen MR) is 91.8 cm³/mol. The largest absolute Gasteiger partial charge is 0.373 e. The molecular weight excluding hydrogens is 276 g/mol. The van der Waals surface area contributed by atoms with E-state index in [0.717, 1.165) is 18.7 Å². The third-order valence-corrected chi connectivity index (χ3v) is 3.54. The molecule has 4 heteroatoms. The van der Waals surface area contributed by atoms with Gasteiger partial charge in [-0.25, -0.2) is 0 Å². The van der Waals surface area contributed by atoms with Crippen molar-refractivity contribution in [3.05, 3.63) is 23.8 Å². The number of amides is 1. The van der Waals surface area contributed by atoms with Gasteiger partial charge in [0.15, 0.2) is 0 Å². The maximum Gasteiger partial charge on any atom is 0.251 e. The molecule has 4 nitrogen and oxygen atoms in total. The van der Waals surface area contributed by atoms with E-state index in [1.165, 1.54) is 0 Å². The molecule has 0 aromatic carbocycles. The number of nitrogens with zero attached hydrogens (tertiary/aromatic N) is 1. The summed E-state index contributed by atoms with van der Waals surface area (Å²) in [5.41, 5.74) is 0.486. The zero-order valence-electron chi connectivity index (χ0n) is 15.1. The van der Waals surface area contributed by atoms with Crippen LogP contribution in [0.3, 0.4) is 0 Å². The average Bonchev–Trinajstić information content (AvgIpc) is 2.34. The van der Waals surface area contributed by atoms with Crippen molar-refractivity contribution in [2.45, 2.75) is 72.3 Å². The van der Waals surface area contributed by atoms with Crippen LogP contribution in [0.15, 0.2) is 23.8 Å². The summed E-state index contributed by atoms with van der Waals surface area (Å²) in [5.74, 6) is -0.0215. The van der Waals surface area contributed by atoms with Gasteiger partial charge in [-0.3, -0.25) is 9.69 Å². The summed E-state index contributed by atoms with van der Waals surface area (Å²) in [7, 11) is 0. The third kappa shape index (κ3) is 6.32. The van der Waals surface area contributed by atoms with E-state index in [1.54, 1.807) is 0 Å². The molecule has 0 saturated carbocycles. The summed E-state index contributed by atoms with van der Waals surface area (Å²) in [5, 5.41) is 3.03. The average molecular weight is 308 g/mol. The lowest BCUT2D eigenvalue weighted by Gasteiger charge is -2.38. The quantitative estimate of drug-likeness (QED) is 0.641. The lowest BCUT2D eigenvalue weighted by molar-refractivity contribution is -0.118. The van der Waals surface area contributed by atoms with E-state index in [0.29, 0.717) is 0 Å². The molecule has 1 heterocycles. The van der Waals surface area contributed by atoms with Crippen molar-refractivity contribution in [2.75, 3.05) is 13.1 Å². The second-order valence-electron chi connectivity index (χ2n) is 7.28. The minimum atomic E-state index is -0.233. The van der Waals surface area contributed by atoms with E-state index < -0.39 is 0 Å². The molecule has 3 atom stereocenters. The van der Waals surface area contributed by atoms with Crippen LogP contribution in [-0.2, 0) is 9.53 Å². The van der Waals surface area contributed by atoms with Crippen molar-refractivity contribution < 1.29 is 9.53 Å². The van der Waals surface area contributed by atoms with E-state index in [1.807, 2.05) is 45.9 Å². The second-order valence-corrected chi connectivity index (χ2v) is 7.28. The Morgan fingerprint density at radius 2 is 1.82 bits per heavy atom. The first-order valence-electron chi connectivity index (χ1n) is 8.19. The molecule has 1 saturated heterocycles. The number of nitrogens with one attached hydrogen (secondary N) is 1. The number of morpholine rings is 1. The van der Waals surface area contributed by atoms with Crippen LogP contribution in [0.5, 0.6) is 0 Å². The van der Waals surface area contributed by atoms with E-state index in [2.05, 4.69) is 31.0 Å². The molecule has 1 rings (SSSR count). The summed E-state index contributed by atoms with van der Waals surface area (Å²) in [6.07, 6.45) is 6.29. The number of rotatable bonds is 4. The highest BCUT2D eigenvalue weighted by atomic mass is 16.5. The summed E-state index contributed by atoms with van der Waals surface area (Å²) in [4.78, 5) is 14.8. The molecule has 0 radical (unpaired) electrons. The van der Waals surface area contributed by atoms with Gasteiger partial charge in [-0.1, -0.05) is 18.2 Å². The molecule has 1 N–H and O–H groups in total. The van der Waals surface area contributed by atoms with Gasteiger partial charge in [0.2, 0.25) is 0 Å². The van der Waals surface area contributed by atoms with Gasteiger partial charge >= 0.3 is 0 Å². The molecule has 0 aliphatic carbocycles. The van der Waals surface area contributed by atoms with E-state index in [9.17, 15) is 4.79 Å². The smallest absolute Gasteiger partial charge is 0.251 e.